The number of hydrogen-bond donors (Lipinski definition) is 3. The number of rotatable bonds is 1. The van der Waals surface area contributed by atoms with Crippen LogP contribution in [0.1, 0.15) is 65.2 Å². The average molecular weight is 391 g/mol. The van der Waals surface area contributed by atoms with Gasteiger partial charge in [-0.2, -0.15) is 0 Å². The van der Waals surface area contributed by atoms with Gasteiger partial charge in [-0.1, -0.05) is 13.8 Å². The lowest BCUT2D eigenvalue weighted by Gasteiger charge is -2.63. The van der Waals surface area contributed by atoms with Crippen LogP contribution in [0, 0.1) is 34.5 Å². The van der Waals surface area contributed by atoms with E-state index in [-0.39, 0.29) is 35.9 Å². The van der Waals surface area contributed by atoms with Crippen molar-refractivity contribution < 1.29 is 24.9 Å². The fourth-order valence-electron chi connectivity index (χ4n) is 8.47. The minimum absolute atomic E-state index is 0.170. The lowest BCUT2D eigenvalue weighted by molar-refractivity contribution is -0.208. The van der Waals surface area contributed by atoms with Crippen molar-refractivity contribution in [2.24, 2.45) is 34.5 Å². The van der Waals surface area contributed by atoms with E-state index in [9.17, 15) is 20.1 Å². The Morgan fingerprint density at radius 1 is 1.07 bits per heavy atom. The predicted octanol–water partition coefficient (Wildman–Crippen LogP) is 2.58. The number of carbonyl (C=O) groups is 1. The lowest BCUT2D eigenvalue weighted by Crippen LogP contribution is -2.62. The highest BCUT2D eigenvalue weighted by molar-refractivity contribution is 5.85. The number of fused-ring (bicyclic) bond motifs is 5. The van der Waals surface area contributed by atoms with Crippen LogP contribution >= 0.6 is 0 Å². The second-order valence-electron chi connectivity index (χ2n) is 10.9. The molecular formula is C23H34O5. The number of ether oxygens (including phenoxy) is 1. The maximum Gasteiger partial charge on any atom is 0.331 e. The average Bonchev–Trinajstić information content (AvgIpc) is 3.13. The van der Waals surface area contributed by atoms with E-state index in [1.54, 1.807) is 0 Å². The summed E-state index contributed by atoms with van der Waals surface area (Å²) in [7, 11) is 0. The fraction of sp³-hybridized carbons (Fsp3) is 0.870. The van der Waals surface area contributed by atoms with Crippen LogP contribution in [0.4, 0.5) is 0 Å². The Balaban J connectivity index is 1.50. The number of aliphatic hydroxyl groups excluding tert-OH is 2. The van der Waals surface area contributed by atoms with Crippen LogP contribution < -0.4 is 0 Å². The molecule has 9 atom stereocenters. The molecule has 5 heteroatoms. The molecule has 0 saturated heterocycles. The highest BCUT2D eigenvalue weighted by Crippen LogP contribution is 2.69. The molecule has 0 unspecified atom stereocenters. The maximum atomic E-state index is 12.1. The third kappa shape index (κ3) is 2.33. The third-order valence-electron chi connectivity index (χ3n) is 9.92. The van der Waals surface area contributed by atoms with Gasteiger partial charge >= 0.3 is 5.97 Å². The molecule has 0 radical (unpaired) electrons. The van der Waals surface area contributed by atoms with Gasteiger partial charge in [0.2, 0.25) is 0 Å². The molecule has 0 bridgehead atoms. The molecule has 5 rings (SSSR count). The Morgan fingerprint density at radius 2 is 1.86 bits per heavy atom. The first-order valence-electron chi connectivity index (χ1n) is 11.1. The van der Waals surface area contributed by atoms with Crippen LogP contribution in [0.3, 0.4) is 0 Å². The van der Waals surface area contributed by atoms with E-state index in [4.69, 9.17) is 4.74 Å². The standard InChI is InChI=1S/C23H34O5/c1-21-7-5-15(24)10-14(21)3-4-17-16(21)6-8-22(2)20(13-9-19(26)28-12-13)18(25)11-23(17,22)27/h9,14-18,20,24-25,27H,3-8,10-12H2,1-2H3/t14-,15+,16+,17-,18+,20+,21+,22+,23-/m0/s1. The van der Waals surface area contributed by atoms with E-state index in [1.807, 2.05) is 0 Å². The van der Waals surface area contributed by atoms with Gasteiger partial charge in [0.15, 0.2) is 0 Å². The molecule has 0 aromatic carbocycles. The van der Waals surface area contributed by atoms with Gasteiger partial charge in [0, 0.05) is 23.8 Å². The topological polar surface area (TPSA) is 87.0 Å². The van der Waals surface area contributed by atoms with Crippen LogP contribution in [-0.2, 0) is 9.53 Å². The molecule has 5 aliphatic rings. The van der Waals surface area contributed by atoms with Crippen molar-refractivity contribution >= 4 is 5.97 Å². The first-order chi connectivity index (χ1) is 13.2. The second-order valence-corrected chi connectivity index (χ2v) is 10.9. The first-order valence-corrected chi connectivity index (χ1v) is 11.1. The summed E-state index contributed by atoms with van der Waals surface area (Å²) in [5.74, 6) is 0.627. The van der Waals surface area contributed by atoms with Crippen LogP contribution in [0.2, 0.25) is 0 Å². The molecule has 28 heavy (non-hydrogen) atoms. The molecule has 0 aromatic rings. The van der Waals surface area contributed by atoms with Crippen molar-refractivity contribution in [2.75, 3.05) is 6.61 Å². The van der Waals surface area contributed by atoms with E-state index in [0.29, 0.717) is 18.3 Å². The van der Waals surface area contributed by atoms with Crippen molar-refractivity contribution in [3.63, 3.8) is 0 Å². The van der Waals surface area contributed by atoms with Crippen LogP contribution in [0.5, 0.6) is 0 Å². The Bertz CT molecular complexity index is 718. The Morgan fingerprint density at radius 3 is 2.57 bits per heavy atom. The quantitative estimate of drug-likeness (QED) is 0.599. The molecule has 1 aliphatic heterocycles. The van der Waals surface area contributed by atoms with Gasteiger partial charge in [0.25, 0.3) is 0 Å². The van der Waals surface area contributed by atoms with Gasteiger partial charge in [0.05, 0.1) is 17.8 Å². The zero-order chi connectivity index (χ0) is 19.9. The van der Waals surface area contributed by atoms with E-state index in [1.165, 1.54) is 6.08 Å². The highest BCUT2D eigenvalue weighted by Gasteiger charge is 2.70. The van der Waals surface area contributed by atoms with Crippen molar-refractivity contribution in [3.05, 3.63) is 11.6 Å². The largest absolute Gasteiger partial charge is 0.458 e. The molecule has 0 spiro atoms. The maximum absolute atomic E-state index is 12.1. The van der Waals surface area contributed by atoms with Gasteiger partial charge < -0.3 is 20.1 Å². The van der Waals surface area contributed by atoms with E-state index >= 15 is 0 Å². The van der Waals surface area contributed by atoms with Gasteiger partial charge in [-0.15, -0.1) is 0 Å². The molecule has 4 aliphatic carbocycles. The summed E-state index contributed by atoms with van der Waals surface area (Å²) in [6.45, 7) is 4.77. The number of esters is 1. The predicted molar refractivity (Wildman–Crippen MR) is 103 cm³/mol. The van der Waals surface area contributed by atoms with Gasteiger partial charge in [0.1, 0.15) is 6.61 Å². The molecule has 3 N–H and O–H groups in total. The van der Waals surface area contributed by atoms with Crippen LogP contribution in [0.25, 0.3) is 0 Å². The molecule has 0 aromatic heterocycles. The Kier molecular flexibility index (Phi) is 4.12. The number of aliphatic hydroxyl groups is 3. The van der Waals surface area contributed by atoms with E-state index in [0.717, 1.165) is 50.5 Å². The van der Waals surface area contributed by atoms with Crippen molar-refractivity contribution in [1.29, 1.82) is 0 Å². The molecule has 156 valence electrons. The normalized spacial score (nSPS) is 55.8. The minimum Gasteiger partial charge on any atom is -0.458 e. The zero-order valence-electron chi connectivity index (χ0n) is 17.1. The Hall–Kier alpha value is -0.910. The highest BCUT2D eigenvalue weighted by atomic mass is 16.5. The number of cyclic esters (lactones) is 1. The first kappa shape index (κ1) is 19.1. The molecule has 4 saturated carbocycles. The summed E-state index contributed by atoms with van der Waals surface area (Å²) >= 11 is 0. The summed E-state index contributed by atoms with van der Waals surface area (Å²) in [5, 5.41) is 33.3. The summed E-state index contributed by atoms with van der Waals surface area (Å²) in [5.41, 5.74) is -0.301. The summed E-state index contributed by atoms with van der Waals surface area (Å²) < 4.78 is 5.14. The van der Waals surface area contributed by atoms with Crippen LogP contribution in [0.15, 0.2) is 11.6 Å². The zero-order valence-corrected chi connectivity index (χ0v) is 17.1. The SMILES string of the molecule is C[C@@]12CC[C@@H](O)C[C@@H]1CC[C@H]1[C@H]2CC[C@]2(C)[C@H](C3=CC(=O)OC3)[C@H](O)C[C@]12O. The van der Waals surface area contributed by atoms with Crippen LogP contribution in [-0.4, -0.2) is 45.7 Å². The summed E-state index contributed by atoms with van der Waals surface area (Å²) in [4.78, 5) is 11.7. The minimum atomic E-state index is -0.906. The number of hydrogen-bond acceptors (Lipinski definition) is 5. The lowest BCUT2D eigenvalue weighted by atomic mass is 9.43. The Labute approximate surface area is 167 Å². The second kappa shape index (κ2) is 6.05. The molecule has 1 heterocycles. The fourth-order valence-corrected chi connectivity index (χ4v) is 8.47. The van der Waals surface area contributed by atoms with Crippen molar-refractivity contribution in [2.45, 2.75) is 83.0 Å². The van der Waals surface area contributed by atoms with E-state index in [2.05, 4.69) is 13.8 Å². The molecule has 4 fully saturated rings. The van der Waals surface area contributed by atoms with Crippen molar-refractivity contribution in [1.82, 2.24) is 0 Å². The third-order valence-corrected chi connectivity index (χ3v) is 9.92. The monoisotopic (exact) mass is 390 g/mol. The van der Waals surface area contributed by atoms with Gasteiger partial charge in [-0.05, 0) is 73.7 Å². The summed E-state index contributed by atoms with van der Waals surface area (Å²) in [6, 6.07) is 0. The summed E-state index contributed by atoms with van der Waals surface area (Å²) in [6.07, 6.45) is 7.87. The van der Waals surface area contributed by atoms with E-state index < -0.39 is 17.1 Å². The molecule has 5 nitrogen and oxygen atoms in total. The number of carbonyl (C=O) groups excluding carboxylic acids is 1. The molecule has 0 amide bonds. The van der Waals surface area contributed by atoms with Crippen molar-refractivity contribution in [3.8, 4) is 0 Å². The molecular weight excluding hydrogens is 356 g/mol. The van der Waals surface area contributed by atoms with Gasteiger partial charge in [-0.3, -0.25) is 0 Å². The van der Waals surface area contributed by atoms with Gasteiger partial charge in [-0.25, -0.2) is 4.79 Å². The smallest absolute Gasteiger partial charge is 0.331 e.